The second kappa shape index (κ2) is 3.03. The third-order valence-corrected chi connectivity index (χ3v) is 1.61. The molecule has 0 aromatic carbocycles. The quantitative estimate of drug-likeness (QED) is 0.422. The average Bonchev–Trinajstić information content (AvgIpc) is 2.42. The molecule has 4 N–H and O–H groups in total. The van der Waals surface area contributed by atoms with Gasteiger partial charge in [0.1, 0.15) is 0 Å². The van der Waals surface area contributed by atoms with E-state index >= 15 is 0 Å². The lowest BCUT2D eigenvalue weighted by Gasteiger charge is -1.83. The summed E-state index contributed by atoms with van der Waals surface area (Å²) in [6.45, 7) is 0.775. The Morgan fingerprint density at radius 1 is 1.78 bits per heavy atom. The highest BCUT2D eigenvalue weighted by molar-refractivity contribution is 5.73. The number of hydrogen-bond donors (Lipinski definition) is 2. The van der Waals surface area contributed by atoms with Crippen molar-refractivity contribution in [2.75, 3.05) is 6.54 Å². The summed E-state index contributed by atoms with van der Waals surface area (Å²) in [7, 11) is 0. The van der Waals surface area contributed by atoms with E-state index in [1.807, 2.05) is 0 Å². The van der Waals surface area contributed by atoms with Gasteiger partial charge in [0.2, 0.25) is 0 Å². The van der Waals surface area contributed by atoms with Crippen LogP contribution in [0.4, 0.5) is 0 Å². The molecule has 0 spiro atoms. The van der Waals surface area contributed by atoms with Crippen LogP contribution in [0.25, 0.3) is 0 Å². The predicted molar refractivity (Wildman–Crippen MR) is 27.0 cm³/mol. The molecule has 0 aliphatic heterocycles. The van der Waals surface area contributed by atoms with E-state index in [0.29, 0.717) is 5.92 Å². The van der Waals surface area contributed by atoms with E-state index in [4.69, 9.17) is 5.11 Å². The second-order valence-electron chi connectivity index (χ2n) is 2.23. The van der Waals surface area contributed by atoms with Gasteiger partial charge in [0.05, 0.1) is 12.5 Å². The molecule has 4 heteroatoms. The molecular weight excluding hydrogens is 142 g/mol. The SMILES string of the molecule is [Cl-].[NH3+]CC1CC1C(=O)O. The van der Waals surface area contributed by atoms with Gasteiger partial charge >= 0.3 is 5.97 Å². The van der Waals surface area contributed by atoms with Gasteiger partial charge in [-0.1, -0.05) is 0 Å². The Labute approximate surface area is 59.6 Å². The molecule has 2 unspecified atom stereocenters. The number of hydrogen-bond acceptors (Lipinski definition) is 1. The van der Waals surface area contributed by atoms with Crippen LogP contribution < -0.4 is 18.1 Å². The van der Waals surface area contributed by atoms with E-state index < -0.39 is 5.97 Å². The van der Waals surface area contributed by atoms with Crippen molar-refractivity contribution in [1.82, 2.24) is 0 Å². The topological polar surface area (TPSA) is 64.9 Å². The molecular formula is C5H10ClNO2. The zero-order valence-electron chi connectivity index (χ0n) is 5.01. The molecule has 1 aliphatic carbocycles. The molecule has 1 aliphatic rings. The van der Waals surface area contributed by atoms with E-state index in [2.05, 4.69) is 5.73 Å². The Balaban J connectivity index is 0.000000640. The molecule has 0 aromatic heterocycles. The highest BCUT2D eigenvalue weighted by Crippen LogP contribution is 2.36. The number of carboxylic acid groups (broad SMARTS) is 1. The largest absolute Gasteiger partial charge is 1.00 e. The van der Waals surface area contributed by atoms with Crippen LogP contribution in [0.15, 0.2) is 0 Å². The zero-order chi connectivity index (χ0) is 6.15. The summed E-state index contributed by atoms with van der Waals surface area (Å²) in [5.41, 5.74) is 3.62. The van der Waals surface area contributed by atoms with Crippen LogP contribution >= 0.6 is 0 Å². The van der Waals surface area contributed by atoms with Gasteiger partial charge in [0.25, 0.3) is 0 Å². The normalized spacial score (nSPS) is 30.8. The molecule has 54 valence electrons. The van der Waals surface area contributed by atoms with E-state index in [9.17, 15) is 4.79 Å². The molecule has 2 atom stereocenters. The van der Waals surface area contributed by atoms with Crippen LogP contribution in [0, 0.1) is 11.8 Å². The van der Waals surface area contributed by atoms with Crippen molar-refractivity contribution < 1.29 is 28.0 Å². The van der Waals surface area contributed by atoms with E-state index in [1.54, 1.807) is 0 Å². The summed E-state index contributed by atoms with van der Waals surface area (Å²) >= 11 is 0. The Hall–Kier alpha value is -0.280. The second-order valence-corrected chi connectivity index (χ2v) is 2.23. The first-order chi connectivity index (χ1) is 3.75. The standard InChI is InChI=1S/C5H9NO2.ClH/c6-2-3-1-4(3)5(7)8;/h3-4H,1-2,6H2,(H,7,8);1H. The van der Waals surface area contributed by atoms with Gasteiger partial charge in [0.15, 0.2) is 0 Å². The van der Waals surface area contributed by atoms with Crippen LogP contribution in [0.2, 0.25) is 0 Å². The zero-order valence-corrected chi connectivity index (χ0v) is 5.77. The van der Waals surface area contributed by atoms with E-state index in [1.165, 1.54) is 0 Å². The summed E-state index contributed by atoms with van der Waals surface area (Å²) in [4.78, 5) is 10.1. The number of quaternary nitrogens is 1. The summed E-state index contributed by atoms with van der Waals surface area (Å²) in [5, 5.41) is 8.33. The third-order valence-electron chi connectivity index (χ3n) is 1.61. The first-order valence-corrected chi connectivity index (χ1v) is 2.77. The molecule has 1 fully saturated rings. The van der Waals surface area contributed by atoms with Crippen LogP contribution in [0.5, 0.6) is 0 Å². The van der Waals surface area contributed by atoms with Crippen molar-refractivity contribution in [3.05, 3.63) is 0 Å². The first-order valence-electron chi connectivity index (χ1n) is 2.77. The molecule has 0 saturated heterocycles. The highest BCUT2D eigenvalue weighted by Gasteiger charge is 2.43. The van der Waals surface area contributed by atoms with Crippen molar-refractivity contribution in [2.24, 2.45) is 11.8 Å². The van der Waals surface area contributed by atoms with Crippen LogP contribution in [0.1, 0.15) is 6.42 Å². The molecule has 0 amide bonds. The number of carbonyl (C=O) groups is 1. The third kappa shape index (κ3) is 1.84. The predicted octanol–water partition coefficient (Wildman–Crippen LogP) is -4.05. The average molecular weight is 152 g/mol. The Kier molecular flexibility index (Phi) is 2.94. The molecule has 9 heavy (non-hydrogen) atoms. The van der Waals surface area contributed by atoms with Crippen LogP contribution in [-0.2, 0) is 4.79 Å². The van der Waals surface area contributed by atoms with Gasteiger partial charge in [-0.25, -0.2) is 0 Å². The van der Waals surface area contributed by atoms with Gasteiger partial charge in [-0.2, -0.15) is 0 Å². The lowest BCUT2D eigenvalue weighted by molar-refractivity contribution is -0.373. The minimum Gasteiger partial charge on any atom is -1.00 e. The fraction of sp³-hybridized carbons (Fsp3) is 0.800. The van der Waals surface area contributed by atoms with Crippen molar-refractivity contribution >= 4 is 5.97 Å². The van der Waals surface area contributed by atoms with Gasteiger partial charge in [0, 0.05) is 5.92 Å². The van der Waals surface area contributed by atoms with Crippen LogP contribution in [-0.4, -0.2) is 17.6 Å². The minimum atomic E-state index is -0.654. The maximum atomic E-state index is 10.1. The maximum absolute atomic E-state index is 10.1. The molecule has 0 bridgehead atoms. The lowest BCUT2D eigenvalue weighted by atomic mass is 10.3. The van der Waals surface area contributed by atoms with Crippen molar-refractivity contribution in [1.29, 1.82) is 0 Å². The Morgan fingerprint density at radius 3 is 2.44 bits per heavy atom. The van der Waals surface area contributed by atoms with Gasteiger partial charge in [-0.15, -0.1) is 0 Å². The first kappa shape index (κ1) is 8.72. The lowest BCUT2D eigenvalue weighted by Crippen LogP contribution is -3.00. The fourth-order valence-corrected chi connectivity index (χ4v) is 0.869. The Morgan fingerprint density at radius 2 is 2.33 bits per heavy atom. The number of halogens is 1. The maximum Gasteiger partial charge on any atom is 0.307 e. The number of aliphatic carboxylic acids is 1. The fourth-order valence-electron chi connectivity index (χ4n) is 0.869. The van der Waals surface area contributed by atoms with Crippen molar-refractivity contribution in [3.63, 3.8) is 0 Å². The monoisotopic (exact) mass is 151 g/mol. The van der Waals surface area contributed by atoms with E-state index in [0.717, 1.165) is 13.0 Å². The molecule has 3 nitrogen and oxygen atoms in total. The molecule has 1 rings (SSSR count). The van der Waals surface area contributed by atoms with Crippen molar-refractivity contribution in [2.45, 2.75) is 6.42 Å². The van der Waals surface area contributed by atoms with Crippen LogP contribution in [0.3, 0.4) is 0 Å². The van der Waals surface area contributed by atoms with Crippen molar-refractivity contribution in [3.8, 4) is 0 Å². The number of rotatable bonds is 2. The molecule has 0 aromatic rings. The molecule has 0 heterocycles. The highest BCUT2D eigenvalue weighted by atomic mass is 35.5. The molecule has 1 saturated carbocycles. The minimum absolute atomic E-state index is 0. The van der Waals surface area contributed by atoms with Gasteiger partial charge < -0.3 is 23.2 Å². The number of carboxylic acids is 1. The summed E-state index contributed by atoms with van der Waals surface area (Å²) in [6, 6.07) is 0. The summed E-state index contributed by atoms with van der Waals surface area (Å²) in [6.07, 6.45) is 0.846. The Bertz CT molecular complexity index is 118. The summed E-state index contributed by atoms with van der Waals surface area (Å²) < 4.78 is 0. The van der Waals surface area contributed by atoms with Gasteiger partial charge in [-0.3, -0.25) is 4.79 Å². The smallest absolute Gasteiger partial charge is 0.307 e. The molecule has 0 radical (unpaired) electrons. The van der Waals surface area contributed by atoms with Gasteiger partial charge in [-0.05, 0) is 6.42 Å². The summed E-state index contributed by atoms with van der Waals surface area (Å²) in [5.74, 6) is -0.335. The van der Waals surface area contributed by atoms with E-state index in [-0.39, 0.29) is 18.3 Å².